The van der Waals surface area contributed by atoms with Gasteiger partial charge in [-0.1, -0.05) is 27.7 Å². The monoisotopic (exact) mass is 279 g/mol. The Labute approximate surface area is 115 Å². The van der Waals surface area contributed by atoms with Gasteiger partial charge >= 0.3 is 11.9 Å². The molecule has 1 unspecified atom stereocenters. The van der Waals surface area contributed by atoms with Gasteiger partial charge in [0.15, 0.2) is 0 Å². The Bertz CT molecular complexity index is 213. The molecule has 6 N–H and O–H groups in total. The molecular weight excluding hydrogens is 250 g/mol. The first-order chi connectivity index (χ1) is 9.07. The van der Waals surface area contributed by atoms with Crippen molar-refractivity contribution in [3.05, 3.63) is 0 Å². The largest absolute Gasteiger partial charge is 0.481 e. The van der Waals surface area contributed by atoms with Gasteiger partial charge in [-0.2, -0.15) is 0 Å². The zero-order valence-corrected chi connectivity index (χ0v) is 12.4. The Kier molecular flexibility index (Phi) is 23.2. The summed E-state index contributed by atoms with van der Waals surface area (Å²) in [6.45, 7) is 9.21. The van der Waals surface area contributed by atoms with Crippen molar-refractivity contribution in [2.45, 2.75) is 40.2 Å². The van der Waals surface area contributed by atoms with Crippen LogP contribution in [0.5, 0.6) is 0 Å². The minimum atomic E-state index is -0.980. The van der Waals surface area contributed by atoms with Crippen molar-refractivity contribution < 1.29 is 19.8 Å². The highest BCUT2D eigenvalue weighted by Gasteiger charge is 2.15. The van der Waals surface area contributed by atoms with Gasteiger partial charge in [0.25, 0.3) is 0 Å². The molecule has 19 heavy (non-hydrogen) atoms. The predicted octanol–water partition coefficient (Wildman–Crippen LogP) is 0.105. The molecule has 0 saturated heterocycles. The molecule has 0 spiro atoms. The maximum absolute atomic E-state index is 10.7. The molecule has 0 saturated carbocycles. The van der Waals surface area contributed by atoms with Crippen molar-refractivity contribution in [3.8, 4) is 0 Å². The summed E-state index contributed by atoms with van der Waals surface area (Å²) in [5, 5.41) is 22.6. The van der Waals surface area contributed by atoms with E-state index in [0.717, 1.165) is 0 Å². The van der Waals surface area contributed by atoms with E-state index in [-0.39, 0.29) is 19.5 Å². The number of aliphatic carboxylic acids is 2. The molecular formula is C12H29N3O4. The van der Waals surface area contributed by atoms with E-state index in [2.05, 4.69) is 10.6 Å². The topological polar surface area (TPSA) is 125 Å². The molecule has 0 amide bonds. The van der Waals surface area contributed by atoms with Crippen LogP contribution in [0.1, 0.15) is 34.1 Å². The molecule has 0 aromatic carbocycles. The van der Waals surface area contributed by atoms with Crippen LogP contribution in [0.4, 0.5) is 0 Å². The highest BCUT2D eigenvalue weighted by molar-refractivity contribution is 5.73. The van der Waals surface area contributed by atoms with Crippen LogP contribution in [0.3, 0.4) is 0 Å². The van der Waals surface area contributed by atoms with Gasteiger partial charge in [0.05, 0.1) is 6.42 Å². The number of nitrogens with one attached hydrogen (secondary N) is 2. The fourth-order valence-electron chi connectivity index (χ4n) is 0.946. The van der Waals surface area contributed by atoms with E-state index in [4.69, 9.17) is 15.9 Å². The van der Waals surface area contributed by atoms with Gasteiger partial charge in [-0.15, -0.1) is 0 Å². The number of carboxylic acid groups (broad SMARTS) is 2. The third-order valence-corrected chi connectivity index (χ3v) is 1.70. The van der Waals surface area contributed by atoms with Crippen molar-refractivity contribution in [1.29, 1.82) is 0 Å². The highest BCUT2D eigenvalue weighted by atomic mass is 16.4. The van der Waals surface area contributed by atoms with E-state index in [9.17, 15) is 9.59 Å². The molecule has 0 heterocycles. The van der Waals surface area contributed by atoms with Crippen LogP contribution in [-0.2, 0) is 9.59 Å². The lowest BCUT2D eigenvalue weighted by atomic mass is 10.3. The summed E-state index contributed by atoms with van der Waals surface area (Å²) in [4.78, 5) is 20.8. The van der Waals surface area contributed by atoms with Crippen LogP contribution in [0.25, 0.3) is 0 Å². The van der Waals surface area contributed by atoms with E-state index < -0.39 is 18.0 Å². The number of rotatable bonds is 9. The van der Waals surface area contributed by atoms with Gasteiger partial charge < -0.3 is 26.6 Å². The fourth-order valence-corrected chi connectivity index (χ4v) is 0.946. The fraction of sp³-hybridized carbons (Fsp3) is 0.833. The maximum atomic E-state index is 10.7. The summed E-state index contributed by atoms with van der Waals surface area (Å²) in [5.41, 5.74) is 5.22. The maximum Gasteiger partial charge on any atom is 0.322 e. The molecule has 7 nitrogen and oxygen atoms in total. The van der Waals surface area contributed by atoms with Gasteiger partial charge in [0.2, 0.25) is 0 Å². The zero-order valence-electron chi connectivity index (χ0n) is 12.4. The molecule has 0 fully saturated rings. The first-order valence-corrected chi connectivity index (χ1v) is 6.66. The van der Waals surface area contributed by atoms with Gasteiger partial charge in [0, 0.05) is 26.2 Å². The molecule has 0 aromatic heterocycles. The van der Waals surface area contributed by atoms with Crippen LogP contribution in [0.2, 0.25) is 0 Å². The second-order valence-electron chi connectivity index (χ2n) is 2.98. The van der Waals surface area contributed by atoms with Gasteiger partial charge in [-0.05, 0) is 0 Å². The number of carbonyl (C=O) groups is 2. The molecule has 0 aliphatic rings. The lowest BCUT2D eigenvalue weighted by Gasteiger charge is -2.14. The lowest BCUT2D eigenvalue weighted by Crippen LogP contribution is -2.46. The molecule has 1 atom stereocenters. The quantitative estimate of drug-likeness (QED) is 0.379. The van der Waals surface area contributed by atoms with Gasteiger partial charge in [-0.25, -0.2) is 0 Å². The average molecular weight is 279 g/mol. The zero-order chi connectivity index (χ0) is 15.7. The molecule has 0 rings (SSSR count). The second kappa shape index (κ2) is 19.2. The number of carboxylic acids is 2. The summed E-state index contributed by atoms with van der Waals surface area (Å²) < 4.78 is 0. The molecule has 116 valence electrons. The molecule has 7 heteroatoms. The number of nitrogens with two attached hydrogens (primary N) is 1. The van der Waals surface area contributed by atoms with E-state index in [1.807, 2.05) is 27.7 Å². The Balaban J connectivity index is -0.000000579. The van der Waals surface area contributed by atoms with E-state index in [0.29, 0.717) is 13.1 Å². The Morgan fingerprint density at radius 2 is 1.63 bits per heavy atom. The van der Waals surface area contributed by atoms with Crippen LogP contribution in [0.15, 0.2) is 0 Å². The van der Waals surface area contributed by atoms with Gasteiger partial charge in [0.1, 0.15) is 6.04 Å². The Hall–Kier alpha value is -1.18. The molecule has 0 bridgehead atoms. The van der Waals surface area contributed by atoms with E-state index >= 15 is 0 Å². The standard InChI is InChI=1S/C8H17N3O4.2C2H6/c9-2-4-11-6(8(14)15)5-10-3-1-7(12)13;2*1-2/h6,10-11H,1-5,9H2,(H,12,13)(H,14,15);2*1-2H3. The summed E-state index contributed by atoms with van der Waals surface area (Å²) in [5.74, 6) is -1.89. The van der Waals surface area contributed by atoms with Crippen molar-refractivity contribution in [2.24, 2.45) is 5.73 Å². The van der Waals surface area contributed by atoms with Crippen LogP contribution >= 0.6 is 0 Å². The summed E-state index contributed by atoms with van der Waals surface area (Å²) in [6.07, 6.45) is -0.0246. The summed E-state index contributed by atoms with van der Waals surface area (Å²) >= 11 is 0. The predicted molar refractivity (Wildman–Crippen MR) is 76.3 cm³/mol. The van der Waals surface area contributed by atoms with Crippen LogP contribution in [-0.4, -0.2) is 54.4 Å². The molecule has 0 radical (unpaired) electrons. The molecule has 0 aliphatic heterocycles. The molecule has 0 aliphatic carbocycles. The third kappa shape index (κ3) is 19.3. The van der Waals surface area contributed by atoms with Crippen LogP contribution in [0, 0.1) is 0 Å². The lowest BCUT2D eigenvalue weighted by molar-refractivity contribution is -0.139. The SMILES string of the molecule is CC.CC.NCCNC(CNCCC(=O)O)C(=O)O. The van der Waals surface area contributed by atoms with Crippen molar-refractivity contribution in [2.75, 3.05) is 26.2 Å². The second-order valence-corrected chi connectivity index (χ2v) is 2.98. The first-order valence-electron chi connectivity index (χ1n) is 6.66. The summed E-state index contributed by atoms with van der Waals surface area (Å²) in [6, 6.07) is -0.734. The van der Waals surface area contributed by atoms with Gasteiger partial charge in [-0.3, -0.25) is 9.59 Å². The van der Waals surface area contributed by atoms with Crippen molar-refractivity contribution in [3.63, 3.8) is 0 Å². The van der Waals surface area contributed by atoms with Crippen molar-refractivity contribution in [1.82, 2.24) is 10.6 Å². The van der Waals surface area contributed by atoms with Crippen LogP contribution < -0.4 is 16.4 Å². The summed E-state index contributed by atoms with van der Waals surface area (Å²) in [7, 11) is 0. The Morgan fingerprint density at radius 1 is 1.11 bits per heavy atom. The molecule has 0 aromatic rings. The average Bonchev–Trinajstić information content (AvgIpc) is 2.41. The minimum absolute atomic E-state index is 0.0246. The normalized spacial score (nSPS) is 10.4. The third-order valence-electron chi connectivity index (χ3n) is 1.70. The number of hydrogen-bond donors (Lipinski definition) is 5. The highest BCUT2D eigenvalue weighted by Crippen LogP contribution is 1.83. The smallest absolute Gasteiger partial charge is 0.322 e. The number of hydrogen-bond acceptors (Lipinski definition) is 5. The minimum Gasteiger partial charge on any atom is -0.481 e. The van der Waals surface area contributed by atoms with Crippen molar-refractivity contribution >= 4 is 11.9 Å². The van der Waals surface area contributed by atoms with E-state index in [1.54, 1.807) is 0 Å². The van der Waals surface area contributed by atoms with E-state index in [1.165, 1.54) is 0 Å². The Morgan fingerprint density at radius 3 is 2.00 bits per heavy atom. The first kappa shape index (κ1) is 23.0.